The summed E-state index contributed by atoms with van der Waals surface area (Å²) in [5.41, 5.74) is 6.84. The summed E-state index contributed by atoms with van der Waals surface area (Å²) in [5.74, 6) is 0.281. The number of hydrogen-bond acceptors (Lipinski definition) is 4. The average molecular weight is 293 g/mol. The Morgan fingerprint density at radius 3 is 2.48 bits per heavy atom. The van der Waals surface area contributed by atoms with Crippen molar-refractivity contribution in [2.24, 2.45) is 0 Å². The minimum Gasteiger partial charge on any atom is -0.491 e. The molecule has 0 spiro atoms. The van der Waals surface area contributed by atoms with E-state index in [4.69, 9.17) is 15.2 Å². The Hall–Kier alpha value is -1.71. The molecule has 0 bridgehead atoms. The molecule has 0 atom stereocenters. The van der Waals surface area contributed by atoms with E-state index in [2.05, 4.69) is 6.92 Å². The minimum atomic E-state index is -0.355. The average Bonchev–Trinajstić information content (AvgIpc) is 2.48. The van der Waals surface area contributed by atoms with Crippen LogP contribution in [0.4, 0.5) is 5.69 Å². The fraction of sp³-hybridized carbons (Fsp3) is 0.588. The zero-order valence-electron chi connectivity index (χ0n) is 13.2. The van der Waals surface area contributed by atoms with E-state index in [1.165, 1.54) is 32.1 Å². The SMILES string of the molecule is CCCCCCCCOc1ccc(C(=O)OCC)cc1N. The van der Waals surface area contributed by atoms with Crippen LogP contribution in [0.5, 0.6) is 5.75 Å². The second kappa shape index (κ2) is 10.1. The van der Waals surface area contributed by atoms with E-state index in [-0.39, 0.29) is 5.97 Å². The van der Waals surface area contributed by atoms with Crippen molar-refractivity contribution in [2.75, 3.05) is 18.9 Å². The molecule has 4 heteroatoms. The molecule has 1 aromatic rings. The van der Waals surface area contributed by atoms with Crippen LogP contribution in [0.2, 0.25) is 0 Å². The fourth-order valence-electron chi connectivity index (χ4n) is 2.09. The van der Waals surface area contributed by atoms with Crippen molar-refractivity contribution >= 4 is 11.7 Å². The fourth-order valence-corrected chi connectivity index (χ4v) is 2.09. The predicted octanol–water partition coefficient (Wildman–Crippen LogP) is 4.18. The molecule has 118 valence electrons. The molecule has 0 saturated carbocycles. The van der Waals surface area contributed by atoms with Crippen LogP contribution in [0.15, 0.2) is 18.2 Å². The quantitative estimate of drug-likeness (QED) is 0.399. The zero-order valence-corrected chi connectivity index (χ0v) is 13.2. The van der Waals surface area contributed by atoms with E-state index in [9.17, 15) is 4.79 Å². The highest BCUT2D eigenvalue weighted by atomic mass is 16.5. The molecule has 0 aliphatic rings. The first kappa shape index (κ1) is 17.3. The van der Waals surface area contributed by atoms with Gasteiger partial charge in [-0.3, -0.25) is 0 Å². The van der Waals surface area contributed by atoms with E-state index < -0.39 is 0 Å². The number of benzene rings is 1. The molecule has 0 aliphatic heterocycles. The van der Waals surface area contributed by atoms with Crippen molar-refractivity contribution < 1.29 is 14.3 Å². The standard InChI is InChI=1S/C17H27NO3/c1-3-5-6-7-8-9-12-21-16-11-10-14(13-15(16)18)17(19)20-4-2/h10-11,13H,3-9,12,18H2,1-2H3. The first-order valence-corrected chi connectivity index (χ1v) is 7.88. The Kier molecular flexibility index (Phi) is 8.32. The maximum Gasteiger partial charge on any atom is 0.338 e. The number of nitrogens with two attached hydrogens (primary N) is 1. The van der Waals surface area contributed by atoms with Crippen LogP contribution < -0.4 is 10.5 Å². The third kappa shape index (κ3) is 6.52. The molecule has 0 radical (unpaired) electrons. The lowest BCUT2D eigenvalue weighted by molar-refractivity contribution is 0.0526. The van der Waals surface area contributed by atoms with Crippen LogP contribution in [0.25, 0.3) is 0 Å². The number of anilines is 1. The number of ether oxygens (including phenoxy) is 2. The van der Waals surface area contributed by atoms with Crippen LogP contribution in [0, 0.1) is 0 Å². The van der Waals surface area contributed by atoms with Gasteiger partial charge in [-0.05, 0) is 31.5 Å². The third-order valence-electron chi connectivity index (χ3n) is 3.28. The Morgan fingerprint density at radius 2 is 1.81 bits per heavy atom. The van der Waals surface area contributed by atoms with Crippen LogP contribution in [-0.4, -0.2) is 19.2 Å². The van der Waals surface area contributed by atoms with Crippen molar-refractivity contribution in [3.8, 4) is 5.75 Å². The number of rotatable bonds is 10. The first-order chi connectivity index (χ1) is 10.2. The molecule has 0 aromatic heterocycles. The molecule has 0 aliphatic carbocycles. The highest BCUT2D eigenvalue weighted by Crippen LogP contribution is 2.23. The van der Waals surface area contributed by atoms with Gasteiger partial charge < -0.3 is 15.2 Å². The summed E-state index contributed by atoms with van der Waals surface area (Å²) in [4.78, 5) is 11.6. The molecular formula is C17H27NO3. The maximum absolute atomic E-state index is 11.6. The second-order valence-electron chi connectivity index (χ2n) is 5.09. The normalized spacial score (nSPS) is 10.4. The number of esters is 1. The topological polar surface area (TPSA) is 61.5 Å². The molecule has 0 amide bonds. The Bertz CT molecular complexity index is 432. The van der Waals surface area contributed by atoms with E-state index >= 15 is 0 Å². The van der Waals surface area contributed by atoms with Gasteiger partial charge in [0.25, 0.3) is 0 Å². The van der Waals surface area contributed by atoms with Crippen molar-refractivity contribution in [3.63, 3.8) is 0 Å². The minimum absolute atomic E-state index is 0.355. The van der Waals surface area contributed by atoms with Gasteiger partial charge in [-0.15, -0.1) is 0 Å². The summed E-state index contributed by atoms with van der Waals surface area (Å²) >= 11 is 0. The van der Waals surface area contributed by atoms with Crippen LogP contribution in [0.1, 0.15) is 62.7 Å². The van der Waals surface area contributed by atoms with Crippen LogP contribution >= 0.6 is 0 Å². The lowest BCUT2D eigenvalue weighted by Crippen LogP contribution is -2.06. The van der Waals surface area contributed by atoms with Gasteiger partial charge >= 0.3 is 5.97 Å². The van der Waals surface area contributed by atoms with Gasteiger partial charge in [-0.2, -0.15) is 0 Å². The molecule has 0 saturated heterocycles. The van der Waals surface area contributed by atoms with Gasteiger partial charge in [0.1, 0.15) is 5.75 Å². The largest absolute Gasteiger partial charge is 0.491 e. The smallest absolute Gasteiger partial charge is 0.338 e. The van der Waals surface area contributed by atoms with E-state index in [0.29, 0.717) is 30.2 Å². The maximum atomic E-state index is 11.6. The van der Waals surface area contributed by atoms with Crippen LogP contribution in [-0.2, 0) is 4.74 Å². The van der Waals surface area contributed by atoms with E-state index in [0.717, 1.165) is 6.42 Å². The lowest BCUT2D eigenvalue weighted by atomic mass is 10.1. The second-order valence-corrected chi connectivity index (χ2v) is 5.09. The summed E-state index contributed by atoms with van der Waals surface area (Å²) in [5, 5.41) is 0. The van der Waals surface area contributed by atoms with Crippen molar-refractivity contribution in [2.45, 2.75) is 52.4 Å². The number of carbonyl (C=O) groups is 1. The molecule has 0 unspecified atom stereocenters. The summed E-state index contributed by atoms with van der Waals surface area (Å²) in [6.07, 6.45) is 7.34. The molecule has 1 rings (SSSR count). The highest BCUT2D eigenvalue weighted by molar-refractivity contribution is 5.91. The summed E-state index contributed by atoms with van der Waals surface area (Å²) in [6.45, 7) is 5.01. The van der Waals surface area contributed by atoms with Gasteiger partial charge in [0, 0.05) is 0 Å². The molecule has 21 heavy (non-hydrogen) atoms. The van der Waals surface area contributed by atoms with Crippen molar-refractivity contribution in [1.29, 1.82) is 0 Å². The summed E-state index contributed by atoms with van der Waals surface area (Å²) in [6, 6.07) is 5.03. The summed E-state index contributed by atoms with van der Waals surface area (Å²) in [7, 11) is 0. The lowest BCUT2D eigenvalue weighted by Gasteiger charge is -2.10. The van der Waals surface area contributed by atoms with Gasteiger partial charge in [-0.1, -0.05) is 39.0 Å². The zero-order chi connectivity index (χ0) is 15.5. The monoisotopic (exact) mass is 293 g/mol. The van der Waals surface area contributed by atoms with Gasteiger partial charge in [0.2, 0.25) is 0 Å². The highest BCUT2D eigenvalue weighted by Gasteiger charge is 2.09. The Balaban J connectivity index is 2.34. The molecule has 0 heterocycles. The summed E-state index contributed by atoms with van der Waals surface area (Å²) < 4.78 is 10.6. The van der Waals surface area contributed by atoms with Gasteiger partial charge in [-0.25, -0.2) is 4.79 Å². The first-order valence-electron chi connectivity index (χ1n) is 7.88. The van der Waals surface area contributed by atoms with Crippen LogP contribution in [0.3, 0.4) is 0 Å². The molecule has 2 N–H and O–H groups in total. The van der Waals surface area contributed by atoms with Gasteiger partial charge in [0.15, 0.2) is 0 Å². The Labute approximate surface area is 127 Å². The van der Waals surface area contributed by atoms with E-state index in [1.54, 1.807) is 25.1 Å². The van der Waals surface area contributed by atoms with Crippen molar-refractivity contribution in [1.82, 2.24) is 0 Å². The molecular weight excluding hydrogens is 266 g/mol. The Morgan fingerprint density at radius 1 is 1.10 bits per heavy atom. The molecule has 0 fully saturated rings. The third-order valence-corrected chi connectivity index (χ3v) is 3.28. The van der Waals surface area contributed by atoms with E-state index in [1.807, 2.05) is 0 Å². The number of hydrogen-bond donors (Lipinski definition) is 1. The van der Waals surface area contributed by atoms with Crippen molar-refractivity contribution in [3.05, 3.63) is 23.8 Å². The number of unbranched alkanes of at least 4 members (excludes halogenated alkanes) is 5. The predicted molar refractivity (Wildman–Crippen MR) is 85.7 cm³/mol. The number of nitrogen functional groups attached to an aromatic ring is 1. The van der Waals surface area contributed by atoms with Gasteiger partial charge in [0.05, 0.1) is 24.5 Å². The number of carbonyl (C=O) groups excluding carboxylic acids is 1. The molecule has 4 nitrogen and oxygen atoms in total. The molecule has 1 aromatic carbocycles.